The minimum Gasteiger partial charge on any atom is -0.496 e. The summed E-state index contributed by atoms with van der Waals surface area (Å²) < 4.78 is 44.9. The van der Waals surface area contributed by atoms with Crippen molar-refractivity contribution in [2.24, 2.45) is 0 Å². The lowest BCUT2D eigenvalue weighted by molar-refractivity contribution is -0.120. The van der Waals surface area contributed by atoms with Crippen molar-refractivity contribution in [3.63, 3.8) is 0 Å². The Balaban J connectivity index is 1.84. The molecule has 0 fully saturated rings. The van der Waals surface area contributed by atoms with Crippen LogP contribution in [0.1, 0.15) is 17.5 Å². The Morgan fingerprint density at radius 2 is 2.00 bits per heavy atom. The molecule has 0 saturated carbocycles. The predicted octanol–water partition coefficient (Wildman–Crippen LogP) is 3.72. The average molecular weight is 489 g/mol. The Bertz CT molecular complexity index is 996. The largest absolute Gasteiger partial charge is 0.496 e. The molecule has 170 valence electrons. The van der Waals surface area contributed by atoms with Gasteiger partial charge in [0.25, 0.3) is 0 Å². The summed E-state index contributed by atoms with van der Waals surface area (Å²) in [6.45, 7) is 0.432. The van der Waals surface area contributed by atoms with Crippen LogP contribution in [0, 0.1) is 5.82 Å². The van der Waals surface area contributed by atoms with Gasteiger partial charge in [0.15, 0.2) is 0 Å². The number of ether oxygens (including phenoxy) is 1. The van der Waals surface area contributed by atoms with Crippen molar-refractivity contribution in [2.45, 2.75) is 23.5 Å². The minimum absolute atomic E-state index is 0.150. The van der Waals surface area contributed by atoms with Gasteiger partial charge < -0.3 is 10.1 Å². The van der Waals surface area contributed by atoms with Gasteiger partial charge in [0.1, 0.15) is 11.6 Å². The molecule has 2 aromatic rings. The zero-order valence-corrected chi connectivity index (χ0v) is 20.0. The number of aryl methyl sites for hydroxylation is 1. The number of rotatable bonds is 11. The predicted molar refractivity (Wildman–Crippen MR) is 123 cm³/mol. The third-order valence-electron chi connectivity index (χ3n) is 4.53. The standard InChI is InChI=1S/C21H26ClFN2O4S2/c1-25(2)31(27,28)16-8-9-20(29-3)15(13-16)7-10-21(26)24-11-12-30-14-17-18(22)5-4-6-19(17)23/h4-6,8-9,13H,7,10-12,14H2,1-3H3,(H,24,26). The van der Waals surface area contributed by atoms with Gasteiger partial charge in [-0.25, -0.2) is 17.1 Å². The number of carbonyl (C=O) groups excluding carboxylic acids is 1. The average Bonchev–Trinajstić information content (AvgIpc) is 2.73. The van der Waals surface area contributed by atoms with Gasteiger partial charge in [0.05, 0.1) is 12.0 Å². The van der Waals surface area contributed by atoms with E-state index in [1.807, 2.05) is 0 Å². The number of amides is 1. The van der Waals surface area contributed by atoms with Crippen molar-refractivity contribution >= 4 is 39.3 Å². The zero-order chi connectivity index (χ0) is 23.0. The van der Waals surface area contributed by atoms with Crippen LogP contribution in [-0.2, 0) is 27.0 Å². The first kappa shape index (κ1) is 25.5. The number of thioether (sulfide) groups is 1. The van der Waals surface area contributed by atoms with Gasteiger partial charge in [-0.1, -0.05) is 17.7 Å². The molecule has 1 amide bonds. The van der Waals surface area contributed by atoms with Gasteiger partial charge in [-0.2, -0.15) is 11.8 Å². The van der Waals surface area contributed by atoms with E-state index in [9.17, 15) is 17.6 Å². The highest BCUT2D eigenvalue weighted by Gasteiger charge is 2.19. The lowest BCUT2D eigenvalue weighted by Crippen LogP contribution is -2.26. The first-order valence-electron chi connectivity index (χ1n) is 9.53. The molecule has 0 unspecified atom stereocenters. The maximum atomic E-state index is 13.7. The second-order valence-electron chi connectivity index (χ2n) is 6.86. The van der Waals surface area contributed by atoms with E-state index in [-0.39, 0.29) is 23.0 Å². The first-order valence-corrected chi connectivity index (χ1v) is 12.5. The van der Waals surface area contributed by atoms with Crippen LogP contribution in [0.5, 0.6) is 5.75 Å². The smallest absolute Gasteiger partial charge is 0.242 e. The van der Waals surface area contributed by atoms with Crippen LogP contribution in [0.3, 0.4) is 0 Å². The normalized spacial score (nSPS) is 11.5. The number of hydrogen-bond donors (Lipinski definition) is 1. The Kier molecular flexibility index (Phi) is 9.61. The summed E-state index contributed by atoms with van der Waals surface area (Å²) in [4.78, 5) is 12.3. The molecule has 0 aliphatic carbocycles. The van der Waals surface area contributed by atoms with E-state index in [1.165, 1.54) is 51.2 Å². The molecule has 2 aromatic carbocycles. The van der Waals surface area contributed by atoms with Gasteiger partial charge >= 0.3 is 0 Å². The fourth-order valence-electron chi connectivity index (χ4n) is 2.77. The molecule has 6 nitrogen and oxygen atoms in total. The number of halogens is 2. The van der Waals surface area contributed by atoms with Gasteiger partial charge in [-0.05, 0) is 42.3 Å². The van der Waals surface area contributed by atoms with Crippen LogP contribution in [-0.4, -0.2) is 52.1 Å². The summed E-state index contributed by atoms with van der Waals surface area (Å²) in [5.41, 5.74) is 1.10. The van der Waals surface area contributed by atoms with Crippen molar-refractivity contribution in [1.82, 2.24) is 9.62 Å². The van der Waals surface area contributed by atoms with Crippen LogP contribution in [0.4, 0.5) is 4.39 Å². The van der Waals surface area contributed by atoms with Crippen molar-refractivity contribution in [3.8, 4) is 5.75 Å². The van der Waals surface area contributed by atoms with Gasteiger partial charge in [0, 0.05) is 49.2 Å². The Morgan fingerprint density at radius 3 is 2.65 bits per heavy atom. The molecule has 0 aromatic heterocycles. The highest BCUT2D eigenvalue weighted by atomic mass is 35.5. The second-order valence-corrected chi connectivity index (χ2v) is 10.5. The van der Waals surface area contributed by atoms with Crippen LogP contribution in [0.2, 0.25) is 5.02 Å². The summed E-state index contributed by atoms with van der Waals surface area (Å²) in [5, 5.41) is 3.21. The number of nitrogens with one attached hydrogen (secondary N) is 1. The third-order valence-corrected chi connectivity index (χ3v) is 7.68. The zero-order valence-electron chi connectivity index (χ0n) is 17.7. The van der Waals surface area contributed by atoms with Crippen molar-refractivity contribution in [2.75, 3.05) is 33.5 Å². The van der Waals surface area contributed by atoms with Crippen LogP contribution >= 0.6 is 23.4 Å². The van der Waals surface area contributed by atoms with Crippen LogP contribution < -0.4 is 10.1 Å². The summed E-state index contributed by atoms with van der Waals surface area (Å²) >= 11 is 7.47. The van der Waals surface area contributed by atoms with Crippen molar-refractivity contribution in [1.29, 1.82) is 0 Å². The Hall–Kier alpha value is -1.81. The molecule has 0 atom stereocenters. The highest BCUT2D eigenvalue weighted by Crippen LogP contribution is 2.25. The molecule has 0 aliphatic heterocycles. The molecule has 0 saturated heterocycles. The SMILES string of the molecule is COc1ccc(S(=O)(=O)N(C)C)cc1CCC(=O)NCCSCc1c(F)cccc1Cl. The molecule has 31 heavy (non-hydrogen) atoms. The topological polar surface area (TPSA) is 75.7 Å². The van der Waals surface area contributed by atoms with Crippen LogP contribution in [0.15, 0.2) is 41.3 Å². The van der Waals surface area contributed by atoms with Crippen molar-refractivity contribution < 1.29 is 22.3 Å². The van der Waals surface area contributed by atoms with E-state index in [2.05, 4.69) is 5.32 Å². The molecule has 0 aliphatic rings. The van der Waals surface area contributed by atoms with Gasteiger partial charge in [0.2, 0.25) is 15.9 Å². The second kappa shape index (κ2) is 11.7. The molecule has 0 bridgehead atoms. The third kappa shape index (κ3) is 7.10. The lowest BCUT2D eigenvalue weighted by atomic mass is 10.1. The molecular weight excluding hydrogens is 463 g/mol. The van der Waals surface area contributed by atoms with Gasteiger partial charge in [-0.15, -0.1) is 0 Å². The monoisotopic (exact) mass is 488 g/mol. The summed E-state index contributed by atoms with van der Waals surface area (Å²) in [7, 11) is 0.850. The molecule has 0 radical (unpaired) electrons. The molecule has 0 spiro atoms. The van der Waals surface area contributed by atoms with Crippen LogP contribution in [0.25, 0.3) is 0 Å². The number of benzene rings is 2. The number of methoxy groups -OCH3 is 1. The summed E-state index contributed by atoms with van der Waals surface area (Å²) in [6.07, 6.45) is 0.523. The molecule has 1 N–H and O–H groups in total. The summed E-state index contributed by atoms with van der Waals surface area (Å²) in [5.74, 6) is 1.06. The Morgan fingerprint density at radius 1 is 1.26 bits per heavy atom. The maximum absolute atomic E-state index is 13.7. The molecule has 0 heterocycles. The number of carbonyl (C=O) groups is 1. The van der Waals surface area contributed by atoms with E-state index < -0.39 is 10.0 Å². The molecule has 2 rings (SSSR count). The number of sulfonamides is 1. The highest BCUT2D eigenvalue weighted by molar-refractivity contribution is 7.98. The number of hydrogen-bond acceptors (Lipinski definition) is 5. The number of nitrogens with zero attached hydrogens (tertiary/aromatic N) is 1. The van der Waals surface area contributed by atoms with E-state index in [4.69, 9.17) is 16.3 Å². The lowest BCUT2D eigenvalue weighted by Gasteiger charge is -2.14. The quantitative estimate of drug-likeness (QED) is 0.488. The van der Waals surface area contributed by atoms with E-state index in [0.717, 1.165) is 4.31 Å². The van der Waals surface area contributed by atoms with Crippen molar-refractivity contribution in [3.05, 3.63) is 58.4 Å². The van der Waals surface area contributed by atoms with Gasteiger partial charge in [-0.3, -0.25) is 4.79 Å². The first-order chi connectivity index (χ1) is 14.7. The molecule has 10 heteroatoms. The Labute approximate surface area is 192 Å². The minimum atomic E-state index is -3.57. The fourth-order valence-corrected chi connectivity index (χ4v) is 4.92. The van der Waals surface area contributed by atoms with E-state index >= 15 is 0 Å². The summed E-state index contributed by atoms with van der Waals surface area (Å²) in [6, 6.07) is 9.19. The van der Waals surface area contributed by atoms with E-state index in [0.29, 0.717) is 46.4 Å². The molecular formula is C21H26ClFN2O4S2. The van der Waals surface area contributed by atoms with E-state index in [1.54, 1.807) is 18.2 Å². The fraction of sp³-hybridized carbons (Fsp3) is 0.381. The maximum Gasteiger partial charge on any atom is 0.242 e.